The third kappa shape index (κ3) is 3.57. The molecular formula is C19H19N3O4. The maximum absolute atomic E-state index is 12.9. The molecule has 1 atom stereocenters. The molecule has 0 saturated carbocycles. The first-order valence-corrected chi connectivity index (χ1v) is 8.25. The van der Waals surface area contributed by atoms with Crippen LogP contribution in [0.3, 0.4) is 0 Å². The van der Waals surface area contributed by atoms with E-state index in [1.807, 2.05) is 42.5 Å². The van der Waals surface area contributed by atoms with Crippen molar-refractivity contribution in [2.45, 2.75) is 12.6 Å². The first-order chi connectivity index (χ1) is 12.6. The average molecular weight is 353 g/mol. The van der Waals surface area contributed by atoms with E-state index >= 15 is 0 Å². The molecule has 26 heavy (non-hydrogen) atoms. The minimum absolute atomic E-state index is 0.0262. The molecule has 7 heteroatoms. The molecule has 0 saturated heterocycles. The van der Waals surface area contributed by atoms with Gasteiger partial charge >= 0.3 is 11.8 Å². The molecule has 3 rings (SSSR count). The molecule has 3 amide bonds. The van der Waals surface area contributed by atoms with E-state index < -0.39 is 17.9 Å². The van der Waals surface area contributed by atoms with Crippen molar-refractivity contribution in [2.75, 3.05) is 18.1 Å². The molecule has 0 aromatic heterocycles. The number of para-hydroxylation sites is 1. The third-order valence-corrected chi connectivity index (χ3v) is 4.11. The van der Waals surface area contributed by atoms with Gasteiger partial charge < -0.3 is 20.6 Å². The van der Waals surface area contributed by atoms with Gasteiger partial charge in [-0.3, -0.25) is 14.4 Å². The molecule has 0 spiro atoms. The van der Waals surface area contributed by atoms with Crippen molar-refractivity contribution in [1.29, 1.82) is 0 Å². The van der Waals surface area contributed by atoms with Gasteiger partial charge in [-0.05, 0) is 11.6 Å². The van der Waals surface area contributed by atoms with Crippen molar-refractivity contribution in [3.05, 3.63) is 65.7 Å². The summed E-state index contributed by atoms with van der Waals surface area (Å²) in [6, 6.07) is 15.8. The lowest BCUT2D eigenvalue weighted by atomic mass is 10.1. The van der Waals surface area contributed by atoms with E-state index in [0.717, 1.165) is 5.56 Å². The Labute approximate surface area is 150 Å². The SMILES string of the molecule is O=C(NCCO)C(=O)N[C@H]1C(=O)N(Cc2ccccc2)c2ccccc21. The minimum Gasteiger partial charge on any atom is -0.395 e. The van der Waals surface area contributed by atoms with Crippen molar-refractivity contribution >= 4 is 23.4 Å². The van der Waals surface area contributed by atoms with Crippen LogP contribution in [0.15, 0.2) is 54.6 Å². The number of nitrogens with zero attached hydrogens (tertiary/aromatic N) is 1. The van der Waals surface area contributed by atoms with Crippen molar-refractivity contribution in [3.8, 4) is 0 Å². The highest BCUT2D eigenvalue weighted by Crippen LogP contribution is 2.36. The van der Waals surface area contributed by atoms with Gasteiger partial charge in [0.2, 0.25) is 0 Å². The molecule has 0 radical (unpaired) electrons. The lowest BCUT2D eigenvalue weighted by Crippen LogP contribution is -2.45. The van der Waals surface area contributed by atoms with Crippen LogP contribution in [-0.2, 0) is 20.9 Å². The quantitative estimate of drug-likeness (QED) is 0.682. The summed E-state index contributed by atoms with van der Waals surface area (Å²) in [5.41, 5.74) is 2.32. The van der Waals surface area contributed by atoms with Crippen LogP contribution in [0.1, 0.15) is 17.2 Å². The van der Waals surface area contributed by atoms with Gasteiger partial charge in [0.05, 0.1) is 13.2 Å². The zero-order chi connectivity index (χ0) is 18.5. The van der Waals surface area contributed by atoms with Crippen molar-refractivity contribution < 1.29 is 19.5 Å². The second-order valence-corrected chi connectivity index (χ2v) is 5.85. The minimum atomic E-state index is -0.915. The number of carbonyl (C=O) groups excluding carboxylic acids is 3. The van der Waals surface area contributed by atoms with Gasteiger partial charge in [-0.15, -0.1) is 0 Å². The second-order valence-electron chi connectivity index (χ2n) is 5.85. The van der Waals surface area contributed by atoms with Crippen LogP contribution in [0.5, 0.6) is 0 Å². The molecule has 2 aromatic carbocycles. The van der Waals surface area contributed by atoms with Crippen molar-refractivity contribution in [1.82, 2.24) is 10.6 Å². The highest BCUT2D eigenvalue weighted by Gasteiger charge is 2.38. The van der Waals surface area contributed by atoms with Crippen molar-refractivity contribution in [3.63, 3.8) is 0 Å². The van der Waals surface area contributed by atoms with Crippen LogP contribution in [0.2, 0.25) is 0 Å². The summed E-state index contributed by atoms with van der Waals surface area (Å²) in [4.78, 5) is 38.2. The Balaban J connectivity index is 1.80. The average Bonchev–Trinajstić information content (AvgIpc) is 2.93. The smallest absolute Gasteiger partial charge is 0.310 e. The summed E-state index contributed by atoms with van der Waals surface area (Å²) in [6.07, 6.45) is 0. The fourth-order valence-electron chi connectivity index (χ4n) is 2.90. The number of anilines is 1. The molecule has 134 valence electrons. The van der Waals surface area contributed by atoms with Gasteiger partial charge in [0.15, 0.2) is 0 Å². The summed E-state index contributed by atoms with van der Waals surface area (Å²) in [5, 5.41) is 13.5. The highest BCUT2D eigenvalue weighted by molar-refractivity contribution is 6.35. The van der Waals surface area contributed by atoms with Gasteiger partial charge in [-0.2, -0.15) is 0 Å². The summed E-state index contributed by atoms with van der Waals surface area (Å²) in [5.74, 6) is -2.09. The molecule has 0 fully saturated rings. The number of hydrogen-bond acceptors (Lipinski definition) is 4. The zero-order valence-corrected chi connectivity index (χ0v) is 14.0. The Morgan fingerprint density at radius 3 is 2.42 bits per heavy atom. The van der Waals surface area contributed by atoms with E-state index in [4.69, 9.17) is 5.11 Å². The summed E-state index contributed by atoms with van der Waals surface area (Å²) in [7, 11) is 0. The van der Waals surface area contributed by atoms with Crippen LogP contribution in [0.25, 0.3) is 0 Å². The summed E-state index contributed by atoms with van der Waals surface area (Å²) < 4.78 is 0. The molecular weight excluding hydrogens is 334 g/mol. The maximum atomic E-state index is 12.9. The molecule has 0 aliphatic carbocycles. The van der Waals surface area contributed by atoms with Gasteiger partial charge in [0.1, 0.15) is 6.04 Å². The van der Waals surface area contributed by atoms with Gasteiger partial charge in [0, 0.05) is 17.8 Å². The number of rotatable bonds is 5. The van der Waals surface area contributed by atoms with Crippen LogP contribution in [0.4, 0.5) is 5.69 Å². The van der Waals surface area contributed by atoms with Crippen molar-refractivity contribution in [2.24, 2.45) is 0 Å². The third-order valence-electron chi connectivity index (χ3n) is 4.11. The fourth-order valence-corrected chi connectivity index (χ4v) is 2.90. The lowest BCUT2D eigenvalue weighted by molar-refractivity contribution is -0.140. The van der Waals surface area contributed by atoms with Gasteiger partial charge in [-0.25, -0.2) is 0 Å². The number of fused-ring (bicyclic) bond motifs is 1. The van der Waals surface area contributed by atoms with E-state index in [1.165, 1.54) is 0 Å². The predicted octanol–water partition coefficient (Wildman–Crippen LogP) is 0.499. The number of nitrogens with one attached hydrogen (secondary N) is 2. The standard InChI is InChI=1S/C19H19N3O4/c23-11-10-20-17(24)18(25)21-16-14-8-4-5-9-15(14)22(19(16)26)12-13-6-2-1-3-7-13/h1-9,16,23H,10-12H2,(H,20,24)(H,21,25)/t16-/m1/s1. The van der Waals surface area contributed by atoms with Crippen LogP contribution in [0, 0.1) is 0 Å². The Morgan fingerprint density at radius 1 is 1.00 bits per heavy atom. The number of hydrogen-bond donors (Lipinski definition) is 3. The Hall–Kier alpha value is -3.19. The number of aliphatic hydroxyl groups is 1. The first kappa shape index (κ1) is 17.6. The number of carbonyl (C=O) groups is 3. The van der Waals surface area contributed by atoms with Gasteiger partial charge in [0.25, 0.3) is 5.91 Å². The predicted molar refractivity (Wildman–Crippen MR) is 95.1 cm³/mol. The van der Waals surface area contributed by atoms with Crippen LogP contribution in [-0.4, -0.2) is 36.0 Å². The monoisotopic (exact) mass is 353 g/mol. The van der Waals surface area contributed by atoms with E-state index in [1.54, 1.807) is 17.0 Å². The summed E-state index contributed by atoms with van der Waals surface area (Å²) in [6.45, 7) is 0.0798. The molecule has 3 N–H and O–H groups in total. The molecule has 1 aliphatic heterocycles. The van der Waals surface area contributed by atoms with E-state index in [0.29, 0.717) is 17.8 Å². The lowest BCUT2D eigenvalue weighted by Gasteiger charge is -2.18. The molecule has 1 aliphatic rings. The topological polar surface area (TPSA) is 98.7 Å². The molecule has 2 aromatic rings. The van der Waals surface area contributed by atoms with E-state index in [2.05, 4.69) is 10.6 Å². The Morgan fingerprint density at radius 2 is 1.69 bits per heavy atom. The molecule has 0 bridgehead atoms. The largest absolute Gasteiger partial charge is 0.395 e. The van der Waals surface area contributed by atoms with E-state index in [-0.39, 0.29) is 19.1 Å². The van der Waals surface area contributed by atoms with Crippen LogP contribution < -0.4 is 15.5 Å². The number of aliphatic hydroxyl groups excluding tert-OH is 1. The zero-order valence-electron chi connectivity index (χ0n) is 14.0. The van der Waals surface area contributed by atoms with Gasteiger partial charge in [-0.1, -0.05) is 48.5 Å². The molecule has 0 unspecified atom stereocenters. The maximum Gasteiger partial charge on any atom is 0.310 e. The Bertz CT molecular complexity index is 823. The highest BCUT2D eigenvalue weighted by atomic mass is 16.3. The second kappa shape index (κ2) is 7.79. The fraction of sp³-hybridized carbons (Fsp3) is 0.211. The normalized spacial score (nSPS) is 15.5. The first-order valence-electron chi connectivity index (χ1n) is 8.25. The number of benzene rings is 2. The Kier molecular flexibility index (Phi) is 5.28. The van der Waals surface area contributed by atoms with Crippen LogP contribution >= 0.6 is 0 Å². The molecule has 7 nitrogen and oxygen atoms in total. The van der Waals surface area contributed by atoms with E-state index in [9.17, 15) is 14.4 Å². The summed E-state index contributed by atoms with van der Waals surface area (Å²) >= 11 is 0. The molecule has 1 heterocycles. The number of amides is 3.